The Bertz CT molecular complexity index is 429. The Kier molecular flexibility index (Phi) is 2.57. The molecule has 1 atom stereocenters. The molecule has 2 N–H and O–H groups in total. The number of aromatic carboxylic acids is 1. The van der Waals surface area contributed by atoms with E-state index < -0.39 is 23.7 Å². The molecule has 8 heteroatoms. The molecule has 0 spiro atoms. The lowest BCUT2D eigenvalue weighted by atomic mass is 10.3. The van der Waals surface area contributed by atoms with Gasteiger partial charge in [-0.25, -0.2) is 9.42 Å². The summed E-state index contributed by atoms with van der Waals surface area (Å²) in [4.78, 5) is 23.8. The van der Waals surface area contributed by atoms with Crippen LogP contribution in [-0.4, -0.2) is 56.5 Å². The Hall–Kier alpha value is -1.96. The number of carboxylic acids is 1. The van der Waals surface area contributed by atoms with Crippen LogP contribution in [0.2, 0.25) is 0 Å². The first-order valence-corrected chi connectivity index (χ1v) is 4.62. The number of carbonyl (C=O) groups is 2. The predicted molar refractivity (Wildman–Crippen MR) is 47.8 cm³/mol. The van der Waals surface area contributed by atoms with Gasteiger partial charge in [0.25, 0.3) is 5.91 Å². The van der Waals surface area contributed by atoms with E-state index in [1.165, 1.54) is 4.90 Å². The zero-order chi connectivity index (χ0) is 11.7. The summed E-state index contributed by atoms with van der Waals surface area (Å²) in [5.74, 6) is -1.96. The van der Waals surface area contributed by atoms with Crippen molar-refractivity contribution in [2.45, 2.75) is 12.5 Å². The monoisotopic (exact) mass is 227 g/mol. The van der Waals surface area contributed by atoms with E-state index in [0.717, 1.165) is 0 Å². The normalized spacial score (nSPS) is 20.1. The maximum Gasteiger partial charge on any atom is 0.360 e. The molecule has 16 heavy (non-hydrogen) atoms. The number of β-amino-alcohol motifs (C(OH)–C–C–N with tert-alkyl or cyclic N) is 1. The molecule has 2 heterocycles. The van der Waals surface area contributed by atoms with Gasteiger partial charge < -0.3 is 15.1 Å². The molecule has 1 aliphatic heterocycles. The van der Waals surface area contributed by atoms with E-state index in [1.807, 2.05) is 0 Å². The van der Waals surface area contributed by atoms with Crippen LogP contribution in [0.15, 0.2) is 4.63 Å². The number of hydrogen-bond donors (Lipinski definition) is 2. The summed E-state index contributed by atoms with van der Waals surface area (Å²) in [5.41, 5.74) is -0.840. The maximum absolute atomic E-state index is 11.8. The van der Waals surface area contributed by atoms with Gasteiger partial charge >= 0.3 is 5.97 Å². The summed E-state index contributed by atoms with van der Waals surface area (Å²) >= 11 is 0. The fraction of sp³-hybridized carbons (Fsp3) is 0.500. The van der Waals surface area contributed by atoms with E-state index in [9.17, 15) is 14.7 Å². The minimum Gasteiger partial charge on any atom is -0.476 e. The average molecular weight is 227 g/mol. The van der Waals surface area contributed by atoms with E-state index >= 15 is 0 Å². The summed E-state index contributed by atoms with van der Waals surface area (Å²) in [6.07, 6.45) is -0.100. The van der Waals surface area contributed by atoms with Crippen molar-refractivity contribution in [3.05, 3.63) is 11.4 Å². The molecular weight excluding hydrogens is 218 g/mol. The smallest absolute Gasteiger partial charge is 0.360 e. The Morgan fingerprint density at radius 3 is 2.62 bits per heavy atom. The number of carboxylic acid groups (broad SMARTS) is 1. The van der Waals surface area contributed by atoms with Gasteiger partial charge in [-0.3, -0.25) is 4.79 Å². The number of nitrogens with zero attached hydrogens (tertiary/aromatic N) is 3. The highest BCUT2D eigenvalue weighted by Gasteiger charge is 2.31. The lowest BCUT2D eigenvalue weighted by Crippen LogP contribution is -2.31. The third-order valence-electron chi connectivity index (χ3n) is 2.34. The molecule has 1 aromatic heterocycles. The van der Waals surface area contributed by atoms with E-state index in [1.54, 1.807) is 0 Å². The predicted octanol–water partition coefficient (Wildman–Crippen LogP) is -1.03. The fourth-order valence-electron chi connectivity index (χ4n) is 1.55. The highest BCUT2D eigenvalue weighted by Crippen LogP contribution is 2.14. The second kappa shape index (κ2) is 3.89. The van der Waals surface area contributed by atoms with Gasteiger partial charge in [-0.05, 0) is 16.7 Å². The van der Waals surface area contributed by atoms with E-state index in [2.05, 4.69) is 14.9 Å². The van der Waals surface area contributed by atoms with Crippen molar-refractivity contribution in [2.75, 3.05) is 13.1 Å². The second-order valence-corrected chi connectivity index (χ2v) is 3.46. The zero-order valence-electron chi connectivity index (χ0n) is 8.16. The Labute approximate surface area is 89.4 Å². The van der Waals surface area contributed by atoms with Crippen molar-refractivity contribution in [1.29, 1.82) is 0 Å². The van der Waals surface area contributed by atoms with Crippen molar-refractivity contribution in [2.24, 2.45) is 0 Å². The average Bonchev–Trinajstić information content (AvgIpc) is 2.84. The van der Waals surface area contributed by atoms with Gasteiger partial charge in [-0.2, -0.15) is 0 Å². The van der Waals surface area contributed by atoms with Crippen LogP contribution in [0.4, 0.5) is 0 Å². The zero-order valence-corrected chi connectivity index (χ0v) is 8.16. The van der Waals surface area contributed by atoms with Crippen LogP contribution in [-0.2, 0) is 0 Å². The minimum absolute atomic E-state index is 0.171. The van der Waals surface area contributed by atoms with Crippen molar-refractivity contribution < 1.29 is 24.4 Å². The number of aliphatic hydroxyl groups is 1. The summed E-state index contributed by atoms with van der Waals surface area (Å²) in [6.45, 7) is 0.538. The molecule has 1 amide bonds. The molecule has 0 bridgehead atoms. The van der Waals surface area contributed by atoms with E-state index in [4.69, 9.17) is 5.11 Å². The first-order chi connectivity index (χ1) is 7.59. The molecule has 2 rings (SSSR count). The molecule has 86 valence electrons. The SMILES string of the molecule is O=C(O)c1nonc1C(=O)N1CCC(O)C1. The van der Waals surface area contributed by atoms with Crippen molar-refractivity contribution in [1.82, 2.24) is 15.2 Å². The molecule has 0 radical (unpaired) electrons. The number of rotatable bonds is 2. The van der Waals surface area contributed by atoms with Crippen molar-refractivity contribution in [3.63, 3.8) is 0 Å². The van der Waals surface area contributed by atoms with Crippen molar-refractivity contribution in [3.8, 4) is 0 Å². The van der Waals surface area contributed by atoms with Gasteiger partial charge in [0.1, 0.15) is 0 Å². The number of hydrogen-bond acceptors (Lipinski definition) is 6. The number of carbonyl (C=O) groups excluding carboxylic acids is 1. The van der Waals surface area contributed by atoms with Crippen LogP contribution < -0.4 is 0 Å². The van der Waals surface area contributed by atoms with Crippen LogP contribution in [0.5, 0.6) is 0 Å². The molecule has 8 nitrogen and oxygen atoms in total. The maximum atomic E-state index is 11.8. The van der Waals surface area contributed by atoms with Gasteiger partial charge in [0.05, 0.1) is 6.10 Å². The van der Waals surface area contributed by atoms with Crippen LogP contribution >= 0.6 is 0 Å². The largest absolute Gasteiger partial charge is 0.476 e. The Balaban J connectivity index is 2.21. The third-order valence-corrected chi connectivity index (χ3v) is 2.34. The van der Waals surface area contributed by atoms with Crippen molar-refractivity contribution >= 4 is 11.9 Å². The van der Waals surface area contributed by atoms with Gasteiger partial charge in [0, 0.05) is 13.1 Å². The Morgan fingerprint density at radius 1 is 1.38 bits per heavy atom. The number of aliphatic hydroxyl groups excluding tert-OH is 1. The van der Waals surface area contributed by atoms with E-state index in [-0.39, 0.29) is 12.2 Å². The lowest BCUT2D eigenvalue weighted by molar-refractivity contribution is 0.0670. The van der Waals surface area contributed by atoms with Gasteiger partial charge in [0.15, 0.2) is 0 Å². The molecule has 1 saturated heterocycles. The van der Waals surface area contributed by atoms with Crippen LogP contribution in [0.25, 0.3) is 0 Å². The van der Waals surface area contributed by atoms with Gasteiger partial charge in [0.2, 0.25) is 11.4 Å². The van der Waals surface area contributed by atoms with Crippen LogP contribution in [0.1, 0.15) is 27.4 Å². The van der Waals surface area contributed by atoms with E-state index in [0.29, 0.717) is 13.0 Å². The fourth-order valence-corrected chi connectivity index (χ4v) is 1.55. The molecular formula is C8H9N3O5. The molecule has 1 aromatic rings. The van der Waals surface area contributed by atoms with Gasteiger partial charge in [-0.1, -0.05) is 0 Å². The topological polar surface area (TPSA) is 117 Å². The Morgan fingerprint density at radius 2 is 2.06 bits per heavy atom. The molecule has 0 aliphatic carbocycles. The standard InChI is InChI=1S/C8H9N3O5/c12-4-1-2-11(3-4)7(13)5-6(8(14)15)10-16-9-5/h4,12H,1-3H2,(H,14,15). The molecule has 0 aromatic carbocycles. The first-order valence-electron chi connectivity index (χ1n) is 4.62. The van der Waals surface area contributed by atoms with Crippen LogP contribution in [0.3, 0.4) is 0 Å². The van der Waals surface area contributed by atoms with Gasteiger partial charge in [-0.15, -0.1) is 0 Å². The lowest BCUT2D eigenvalue weighted by Gasteiger charge is -2.12. The summed E-state index contributed by atoms with van der Waals surface area (Å²) in [6, 6.07) is 0. The van der Waals surface area contributed by atoms with Crippen LogP contribution in [0, 0.1) is 0 Å². The highest BCUT2D eigenvalue weighted by atomic mass is 16.6. The molecule has 1 aliphatic rings. The molecule has 1 unspecified atom stereocenters. The number of amides is 1. The summed E-state index contributed by atoms with van der Waals surface area (Å²) in [5, 5.41) is 24.4. The second-order valence-electron chi connectivity index (χ2n) is 3.46. The quantitative estimate of drug-likeness (QED) is 0.663. The number of aromatic nitrogens is 2. The summed E-state index contributed by atoms with van der Waals surface area (Å²) < 4.78 is 4.22. The molecule has 1 fully saturated rings. The third kappa shape index (κ3) is 1.74. The summed E-state index contributed by atoms with van der Waals surface area (Å²) in [7, 11) is 0. The first kappa shape index (κ1) is 10.6. The highest BCUT2D eigenvalue weighted by molar-refractivity contribution is 6.01. The molecule has 0 saturated carbocycles. The minimum atomic E-state index is -1.37. The number of likely N-dealkylation sites (tertiary alicyclic amines) is 1.